The summed E-state index contributed by atoms with van der Waals surface area (Å²) in [4.78, 5) is 10.5. The summed E-state index contributed by atoms with van der Waals surface area (Å²) in [5, 5.41) is 1.25. The van der Waals surface area contributed by atoms with Gasteiger partial charge in [-0.2, -0.15) is 0 Å². The zero-order chi connectivity index (χ0) is 11.5. The molecule has 0 radical (unpaired) electrons. The number of fused-ring (bicyclic) bond motifs is 1. The molecule has 1 heterocycles. The summed E-state index contributed by atoms with van der Waals surface area (Å²) in [5.41, 5.74) is 2.32. The van der Waals surface area contributed by atoms with E-state index >= 15 is 0 Å². The van der Waals surface area contributed by atoms with Gasteiger partial charge in [0.15, 0.2) is 0 Å². The molecule has 2 nitrogen and oxygen atoms in total. The molecule has 0 atom stereocenters. The molecule has 0 fully saturated rings. The molecule has 0 aliphatic heterocycles. The summed E-state index contributed by atoms with van der Waals surface area (Å²) in [6.07, 6.45) is 3.58. The average molecular weight is 215 g/mol. The third-order valence-electron chi connectivity index (χ3n) is 2.72. The maximum Gasteiger partial charge on any atom is 0.124 e. The van der Waals surface area contributed by atoms with Gasteiger partial charge in [-0.05, 0) is 29.0 Å². The molecule has 0 unspecified atom stereocenters. The molecule has 84 valence electrons. The maximum absolute atomic E-state index is 10.5. The lowest BCUT2D eigenvalue weighted by atomic mass is 10.1. The van der Waals surface area contributed by atoms with E-state index in [0.717, 1.165) is 18.4 Å². The number of aldehydes is 1. The van der Waals surface area contributed by atoms with Crippen molar-refractivity contribution in [1.82, 2.24) is 4.57 Å². The van der Waals surface area contributed by atoms with Crippen LogP contribution in [-0.2, 0) is 17.8 Å². The Hall–Kier alpha value is -1.57. The van der Waals surface area contributed by atoms with Gasteiger partial charge in [-0.3, -0.25) is 0 Å². The molecule has 0 amide bonds. The van der Waals surface area contributed by atoms with Gasteiger partial charge in [0.05, 0.1) is 0 Å². The van der Waals surface area contributed by atoms with Gasteiger partial charge in [-0.15, -0.1) is 0 Å². The third-order valence-corrected chi connectivity index (χ3v) is 2.72. The molecule has 0 saturated carbocycles. The Labute approximate surface area is 95.9 Å². The number of nitrogens with zero attached hydrogens (tertiary/aromatic N) is 1. The molecule has 16 heavy (non-hydrogen) atoms. The minimum atomic E-state index is 0.503. The average Bonchev–Trinajstić information content (AvgIpc) is 2.61. The van der Waals surface area contributed by atoms with E-state index in [0.29, 0.717) is 12.3 Å². The summed E-state index contributed by atoms with van der Waals surface area (Å²) < 4.78 is 2.26. The Morgan fingerprint density at radius 1 is 1.31 bits per heavy atom. The predicted molar refractivity (Wildman–Crippen MR) is 66.5 cm³/mol. The fraction of sp³-hybridized carbons (Fsp3) is 0.357. The first-order valence-corrected chi connectivity index (χ1v) is 5.72. The highest BCUT2D eigenvalue weighted by atomic mass is 16.1. The largest absolute Gasteiger partial charge is 0.347 e. The van der Waals surface area contributed by atoms with Crippen molar-refractivity contribution in [3.63, 3.8) is 0 Å². The highest BCUT2D eigenvalue weighted by Crippen LogP contribution is 2.19. The van der Waals surface area contributed by atoms with Gasteiger partial charge >= 0.3 is 0 Å². The Morgan fingerprint density at radius 2 is 2.12 bits per heavy atom. The van der Waals surface area contributed by atoms with Crippen molar-refractivity contribution in [2.24, 2.45) is 5.92 Å². The summed E-state index contributed by atoms with van der Waals surface area (Å²) in [5.74, 6) is 0.630. The number of carbonyl (C=O) groups is 1. The van der Waals surface area contributed by atoms with Crippen molar-refractivity contribution in [2.45, 2.75) is 26.8 Å². The van der Waals surface area contributed by atoms with E-state index in [1.165, 1.54) is 10.9 Å². The first-order valence-electron chi connectivity index (χ1n) is 5.72. The van der Waals surface area contributed by atoms with Crippen LogP contribution in [0.4, 0.5) is 0 Å². The fourth-order valence-electron chi connectivity index (χ4n) is 2.01. The quantitative estimate of drug-likeness (QED) is 0.718. The minimum Gasteiger partial charge on any atom is -0.347 e. The topological polar surface area (TPSA) is 22.0 Å². The summed E-state index contributed by atoms with van der Waals surface area (Å²) >= 11 is 0. The summed E-state index contributed by atoms with van der Waals surface area (Å²) in [6.45, 7) is 5.44. The van der Waals surface area contributed by atoms with Crippen molar-refractivity contribution in [3.05, 3.63) is 36.0 Å². The normalized spacial score (nSPS) is 11.2. The Balaban J connectivity index is 2.42. The second-order valence-electron chi connectivity index (χ2n) is 4.63. The van der Waals surface area contributed by atoms with Gasteiger partial charge < -0.3 is 9.36 Å². The molecule has 0 spiro atoms. The molecule has 0 aliphatic rings. The van der Waals surface area contributed by atoms with Gasteiger partial charge in [0.2, 0.25) is 0 Å². The van der Waals surface area contributed by atoms with Gasteiger partial charge in [0.25, 0.3) is 0 Å². The van der Waals surface area contributed by atoms with Gasteiger partial charge in [0.1, 0.15) is 6.29 Å². The van der Waals surface area contributed by atoms with Crippen LogP contribution in [0.5, 0.6) is 0 Å². The predicted octanol–water partition coefficient (Wildman–Crippen LogP) is 3.04. The molecule has 0 aliphatic carbocycles. The number of hydrogen-bond acceptors (Lipinski definition) is 1. The molecule has 2 heteroatoms. The van der Waals surface area contributed by atoms with Crippen molar-refractivity contribution in [3.8, 4) is 0 Å². The Morgan fingerprint density at radius 3 is 2.81 bits per heavy atom. The number of rotatable bonds is 4. The van der Waals surface area contributed by atoms with E-state index in [4.69, 9.17) is 0 Å². The molecule has 1 aromatic heterocycles. The highest BCUT2D eigenvalue weighted by Gasteiger charge is 2.03. The number of carbonyl (C=O) groups excluding carboxylic acids is 1. The van der Waals surface area contributed by atoms with Gasteiger partial charge in [-0.1, -0.05) is 26.0 Å². The third kappa shape index (κ3) is 2.16. The summed E-state index contributed by atoms with van der Waals surface area (Å²) in [7, 11) is 0. The molecule has 1 aromatic carbocycles. The molecule has 0 N–H and O–H groups in total. The SMILES string of the molecule is CC(C)Cn1ccc2ccc(CC=O)cc21. The number of hydrogen-bond donors (Lipinski definition) is 0. The van der Waals surface area contributed by atoms with Crippen LogP contribution in [0.2, 0.25) is 0 Å². The molecule has 0 saturated heterocycles. The Kier molecular flexibility index (Phi) is 3.09. The lowest BCUT2D eigenvalue weighted by Gasteiger charge is -2.08. The first-order chi connectivity index (χ1) is 7.70. The van der Waals surface area contributed by atoms with Crippen molar-refractivity contribution >= 4 is 17.2 Å². The van der Waals surface area contributed by atoms with Crippen LogP contribution in [0.25, 0.3) is 10.9 Å². The monoisotopic (exact) mass is 215 g/mol. The highest BCUT2D eigenvalue weighted by molar-refractivity contribution is 5.81. The Bertz CT molecular complexity index is 496. The summed E-state index contributed by atoms with van der Waals surface area (Å²) in [6, 6.07) is 8.36. The molecule has 2 rings (SSSR count). The van der Waals surface area contributed by atoms with Crippen LogP contribution < -0.4 is 0 Å². The number of aromatic nitrogens is 1. The van der Waals surface area contributed by atoms with E-state index in [1.54, 1.807) is 0 Å². The number of benzene rings is 1. The van der Waals surface area contributed by atoms with E-state index in [2.05, 4.69) is 42.8 Å². The standard InChI is InChI=1S/C14H17NO/c1-11(2)10-15-7-5-13-4-3-12(6-8-16)9-14(13)15/h3-5,7-9,11H,6,10H2,1-2H3. The zero-order valence-electron chi connectivity index (χ0n) is 9.81. The van der Waals surface area contributed by atoms with Crippen LogP contribution in [0.1, 0.15) is 19.4 Å². The van der Waals surface area contributed by atoms with Gasteiger partial charge in [-0.25, -0.2) is 0 Å². The maximum atomic E-state index is 10.5. The minimum absolute atomic E-state index is 0.503. The van der Waals surface area contributed by atoms with Crippen LogP contribution >= 0.6 is 0 Å². The van der Waals surface area contributed by atoms with Crippen LogP contribution in [0.15, 0.2) is 30.5 Å². The van der Waals surface area contributed by atoms with Crippen molar-refractivity contribution in [1.29, 1.82) is 0 Å². The molecular formula is C14H17NO. The molecular weight excluding hydrogens is 198 g/mol. The second-order valence-corrected chi connectivity index (χ2v) is 4.63. The van der Waals surface area contributed by atoms with Crippen LogP contribution in [-0.4, -0.2) is 10.9 Å². The second kappa shape index (κ2) is 4.52. The van der Waals surface area contributed by atoms with E-state index in [1.807, 2.05) is 6.07 Å². The van der Waals surface area contributed by atoms with E-state index in [9.17, 15) is 4.79 Å². The first kappa shape index (κ1) is 10.9. The molecule has 2 aromatic rings. The lowest BCUT2D eigenvalue weighted by Crippen LogP contribution is -2.02. The van der Waals surface area contributed by atoms with E-state index < -0.39 is 0 Å². The van der Waals surface area contributed by atoms with Crippen LogP contribution in [0, 0.1) is 5.92 Å². The fourth-order valence-corrected chi connectivity index (χ4v) is 2.01. The van der Waals surface area contributed by atoms with Gasteiger partial charge in [0, 0.05) is 24.7 Å². The van der Waals surface area contributed by atoms with Crippen molar-refractivity contribution < 1.29 is 4.79 Å². The van der Waals surface area contributed by atoms with Crippen LogP contribution in [0.3, 0.4) is 0 Å². The zero-order valence-corrected chi connectivity index (χ0v) is 9.81. The smallest absolute Gasteiger partial charge is 0.124 e. The van der Waals surface area contributed by atoms with Crippen molar-refractivity contribution in [2.75, 3.05) is 0 Å². The lowest BCUT2D eigenvalue weighted by molar-refractivity contribution is -0.107. The molecule has 0 bridgehead atoms. The van der Waals surface area contributed by atoms with E-state index in [-0.39, 0.29) is 0 Å².